The summed E-state index contributed by atoms with van der Waals surface area (Å²) in [7, 11) is 0. The molecule has 0 heterocycles. The molecule has 4 saturated carbocycles. The van der Waals surface area contributed by atoms with E-state index < -0.39 is 19.0 Å². The third-order valence-electron chi connectivity index (χ3n) is 10.0. The van der Waals surface area contributed by atoms with Gasteiger partial charge in [0.1, 0.15) is 18.0 Å². The van der Waals surface area contributed by atoms with Gasteiger partial charge in [-0.05, 0) is 92.3 Å². The van der Waals surface area contributed by atoms with Gasteiger partial charge in [-0.1, -0.05) is 13.8 Å². The van der Waals surface area contributed by atoms with Gasteiger partial charge in [-0.2, -0.15) is 0 Å². The van der Waals surface area contributed by atoms with Crippen LogP contribution >= 0.6 is 0 Å². The molecule has 31 heavy (non-hydrogen) atoms. The second-order valence-electron chi connectivity index (χ2n) is 11.4. The second-order valence-corrected chi connectivity index (χ2v) is 11.4. The van der Waals surface area contributed by atoms with Crippen LogP contribution in [0.4, 0.5) is 8.78 Å². The van der Waals surface area contributed by atoms with Crippen LogP contribution in [0.25, 0.3) is 0 Å². The van der Waals surface area contributed by atoms with Crippen LogP contribution in [0.3, 0.4) is 0 Å². The zero-order valence-corrected chi connectivity index (χ0v) is 19.1. The first-order valence-electron chi connectivity index (χ1n) is 12.2. The molecule has 0 spiro atoms. The molecular formula is C25H38F2O4. The quantitative estimate of drug-likeness (QED) is 0.600. The number of Topliss-reactive ketones (excluding diaryl/α,β-unsaturated/α-hetero) is 1. The maximum atomic E-state index is 12.9. The summed E-state index contributed by atoms with van der Waals surface area (Å²) in [4.78, 5) is 24.3. The van der Waals surface area contributed by atoms with Crippen molar-refractivity contribution in [2.24, 2.45) is 40.4 Å². The molecule has 4 aliphatic carbocycles. The Kier molecular flexibility index (Phi) is 6.26. The molecule has 4 rings (SSSR count). The average molecular weight is 441 g/mol. The van der Waals surface area contributed by atoms with Crippen LogP contribution in [0.1, 0.15) is 85.0 Å². The number of fused-ring (bicyclic) bond motifs is 5. The summed E-state index contributed by atoms with van der Waals surface area (Å²) in [5.41, 5.74) is 0.132. The number of rotatable bonds is 5. The molecule has 9 atom stereocenters. The van der Waals surface area contributed by atoms with Crippen molar-refractivity contribution in [3.8, 4) is 0 Å². The van der Waals surface area contributed by atoms with Crippen molar-refractivity contribution in [3.05, 3.63) is 0 Å². The van der Waals surface area contributed by atoms with E-state index >= 15 is 0 Å². The van der Waals surface area contributed by atoms with Gasteiger partial charge in [0.25, 0.3) is 6.43 Å². The maximum Gasteiger partial charge on any atom is 0.302 e. The number of hydrogen-bond donors (Lipinski definition) is 1. The summed E-state index contributed by atoms with van der Waals surface area (Å²) in [6.45, 7) is 6.15. The smallest absolute Gasteiger partial charge is 0.302 e. The lowest BCUT2D eigenvalue weighted by molar-refractivity contribution is -0.161. The van der Waals surface area contributed by atoms with E-state index in [1.807, 2.05) is 0 Å². The molecule has 0 bridgehead atoms. The molecule has 0 aromatic carbocycles. The maximum absolute atomic E-state index is 12.9. The van der Waals surface area contributed by atoms with Crippen LogP contribution in [-0.2, 0) is 14.3 Å². The van der Waals surface area contributed by atoms with Gasteiger partial charge in [-0.25, -0.2) is 8.78 Å². The summed E-state index contributed by atoms with van der Waals surface area (Å²) in [5, 5.41) is 9.56. The van der Waals surface area contributed by atoms with E-state index in [0.29, 0.717) is 23.7 Å². The molecule has 1 unspecified atom stereocenters. The van der Waals surface area contributed by atoms with Crippen LogP contribution in [-0.4, -0.2) is 35.5 Å². The van der Waals surface area contributed by atoms with Gasteiger partial charge in [0.05, 0.1) is 0 Å². The lowest BCUT2D eigenvalue weighted by atomic mass is 9.44. The number of ketones is 1. The third-order valence-corrected chi connectivity index (χ3v) is 10.0. The number of aliphatic hydroxyl groups excluding tert-OH is 1. The van der Waals surface area contributed by atoms with Gasteiger partial charge in [0.2, 0.25) is 0 Å². The molecule has 4 nitrogen and oxygen atoms in total. The van der Waals surface area contributed by atoms with Crippen molar-refractivity contribution < 1.29 is 28.2 Å². The number of aliphatic hydroxyl groups is 1. The summed E-state index contributed by atoms with van der Waals surface area (Å²) in [6.07, 6.45) is 4.04. The molecule has 0 saturated heterocycles. The topological polar surface area (TPSA) is 63.6 Å². The first-order valence-corrected chi connectivity index (χ1v) is 12.2. The second kappa shape index (κ2) is 8.39. The lowest BCUT2D eigenvalue weighted by Gasteiger charge is -2.61. The molecule has 0 aromatic rings. The Hall–Kier alpha value is -1.04. The fourth-order valence-electron chi connectivity index (χ4n) is 8.53. The van der Waals surface area contributed by atoms with Crippen LogP contribution in [0.5, 0.6) is 0 Å². The van der Waals surface area contributed by atoms with E-state index in [1.54, 1.807) is 0 Å². The van der Waals surface area contributed by atoms with Gasteiger partial charge in [-0.3, -0.25) is 9.59 Å². The van der Waals surface area contributed by atoms with E-state index in [0.717, 1.165) is 57.8 Å². The van der Waals surface area contributed by atoms with Crippen molar-refractivity contribution >= 4 is 11.8 Å². The number of hydrogen-bond acceptors (Lipinski definition) is 4. The van der Waals surface area contributed by atoms with Gasteiger partial charge >= 0.3 is 5.97 Å². The fraction of sp³-hybridized carbons (Fsp3) is 0.920. The van der Waals surface area contributed by atoms with Crippen LogP contribution < -0.4 is 0 Å². The predicted molar refractivity (Wildman–Crippen MR) is 112 cm³/mol. The van der Waals surface area contributed by atoms with E-state index in [-0.39, 0.29) is 34.6 Å². The predicted octanol–water partition coefficient (Wildman–Crippen LogP) is 5.16. The molecule has 1 N–H and O–H groups in total. The standard InChI is InChI=1S/C25H38F2O4/c1-14(28)31-16-8-10-24(2)15(12-16)4-5-17-18-6-7-20(21(29)13-22(30)23(26)27)25(18,3)11-9-19(17)24/h15-20,22-23,30H,4-13H2,1-3H3/t15-,16-,17-,18-,19-,20+,22?,24-,25-/m0/s1. The summed E-state index contributed by atoms with van der Waals surface area (Å²) >= 11 is 0. The molecule has 0 radical (unpaired) electrons. The van der Waals surface area contributed by atoms with Gasteiger partial charge < -0.3 is 9.84 Å². The van der Waals surface area contributed by atoms with Crippen molar-refractivity contribution in [2.45, 2.75) is 104 Å². The Labute approximate surface area is 184 Å². The summed E-state index contributed by atoms with van der Waals surface area (Å²) in [6, 6.07) is 0. The van der Waals surface area contributed by atoms with Gasteiger partial charge in [0.15, 0.2) is 0 Å². The van der Waals surface area contributed by atoms with Crippen molar-refractivity contribution in [1.29, 1.82) is 0 Å². The van der Waals surface area contributed by atoms with Crippen molar-refractivity contribution in [2.75, 3.05) is 0 Å². The molecule has 176 valence electrons. The van der Waals surface area contributed by atoms with Crippen molar-refractivity contribution in [3.63, 3.8) is 0 Å². The van der Waals surface area contributed by atoms with Crippen LogP contribution in [0, 0.1) is 40.4 Å². The minimum absolute atomic E-state index is 0.0516. The number of carbonyl (C=O) groups is 2. The lowest BCUT2D eigenvalue weighted by Crippen LogP contribution is -2.54. The zero-order chi connectivity index (χ0) is 22.6. The molecular weight excluding hydrogens is 402 g/mol. The Morgan fingerprint density at radius 1 is 1.00 bits per heavy atom. The number of carbonyl (C=O) groups excluding carboxylic acids is 2. The molecule has 0 aliphatic heterocycles. The van der Waals surface area contributed by atoms with E-state index in [2.05, 4.69) is 13.8 Å². The van der Waals surface area contributed by atoms with E-state index in [4.69, 9.17) is 4.74 Å². The Morgan fingerprint density at radius 2 is 1.68 bits per heavy atom. The van der Waals surface area contributed by atoms with Gasteiger partial charge in [0, 0.05) is 19.3 Å². The van der Waals surface area contributed by atoms with Crippen molar-refractivity contribution in [1.82, 2.24) is 0 Å². The highest BCUT2D eigenvalue weighted by molar-refractivity contribution is 5.82. The zero-order valence-electron chi connectivity index (χ0n) is 19.1. The molecule has 4 fully saturated rings. The number of ether oxygens (including phenoxy) is 1. The highest BCUT2D eigenvalue weighted by atomic mass is 19.3. The van der Waals surface area contributed by atoms with E-state index in [9.17, 15) is 23.5 Å². The third kappa shape index (κ3) is 3.95. The molecule has 0 aromatic heterocycles. The number of alkyl halides is 2. The minimum Gasteiger partial charge on any atom is -0.463 e. The first-order chi connectivity index (χ1) is 14.6. The first kappa shape index (κ1) is 23.1. The Morgan fingerprint density at radius 3 is 2.35 bits per heavy atom. The van der Waals surface area contributed by atoms with Crippen LogP contribution in [0.15, 0.2) is 0 Å². The molecule has 0 amide bonds. The number of esters is 1. The van der Waals surface area contributed by atoms with E-state index in [1.165, 1.54) is 6.92 Å². The Balaban J connectivity index is 1.47. The highest BCUT2D eigenvalue weighted by Gasteiger charge is 2.61. The normalized spacial score (nSPS) is 45.4. The SMILES string of the molecule is CC(=O)O[C@H]1CC[C@@]2(C)[C@@H](CC[C@@H]3[C@@H]2CC[C@]2(C)[C@@H](C(=O)CC(O)C(F)F)CC[C@@H]32)C1. The van der Waals surface area contributed by atoms with Gasteiger partial charge in [-0.15, -0.1) is 0 Å². The largest absolute Gasteiger partial charge is 0.463 e. The average Bonchev–Trinajstić information content (AvgIpc) is 3.05. The fourth-order valence-corrected chi connectivity index (χ4v) is 8.53. The van der Waals surface area contributed by atoms with Crippen LogP contribution in [0.2, 0.25) is 0 Å². The number of halogens is 2. The Bertz CT molecular complexity index is 712. The minimum atomic E-state index is -2.86. The molecule has 6 heteroatoms. The highest BCUT2D eigenvalue weighted by Crippen LogP contribution is 2.67. The molecule has 4 aliphatic rings. The summed E-state index contributed by atoms with van der Waals surface area (Å²) in [5.74, 6) is 1.71. The summed E-state index contributed by atoms with van der Waals surface area (Å²) < 4.78 is 31.1. The monoisotopic (exact) mass is 440 g/mol.